The molecule has 0 fully saturated rings. The van der Waals surface area contributed by atoms with Gasteiger partial charge in [0.15, 0.2) is 0 Å². The van der Waals surface area contributed by atoms with Crippen LogP contribution in [0.15, 0.2) is 24.3 Å². The number of benzene rings is 1. The third-order valence-corrected chi connectivity index (χ3v) is 5.43. The summed E-state index contributed by atoms with van der Waals surface area (Å²) in [4.78, 5) is 41.1. The number of phenols is 1. The van der Waals surface area contributed by atoms with Gasteiger partial charge in [0.05, 0.1) is 0 Å². The Morgan fingerprint density at radius 1 is 0.972 bits per heavy atom. The Labute approximate surface area is 217 Å². The monoisotopic (exact) mass is 505 g/mol. The largest absolute Gasteiger partial charge is 0.508 e. The van der Waals surface area contributed by atoms with Crippen LogP contribution in [-0.4, -0.2) is 51.6 Å². The Balaban J connectivity index is 3.29. The highest BCUT2D eigenvalue weighted by Gasteiger charge is 2.36. The number of nitrogens with one attached hydrogen (secondary N) is 2. The Morgan fingerprint density at radius 3 is 2.11 bits per heavy atom. The van der Waals surface area contributed by atoms with Crippen LogP contribution < -0.4 is 10.6 Å². The van der Waals surface area contributed by atoms with Crippen molar-refractivity contribution in [3.05, 3.63) is 29.8 Å². The molecule has 36 heavy (non-hydrogen) atoms. The van der Waals surface area contributed by atoms with Gasteiger partial charge in [0.25, 0.3) is 0 Å². The molecular weight excluding hydrogens is 458 g/mol. The standard InChI is InChI=1S/C28H47N3O5/c1-9-10-11-12-13-16-19-31(25(34)20(2)29-26(35)36-28(6,7)8)23(24(33)30-27(3,4)5)21-17-14-15-18-22(21)32/h14-15,17-18,20,23,32H,9-13,16,19H2,1-8H3,(H,29,35)(H,30,33). The predicted molar refractivity (Wildman–Crippen MR) is 143 cm³/mol. The lowest BCUT2D eigenvalue weighted by Gasteiger charge is -2.35. The van der Waals surface area contributed by atoms with Crippen LogP contribution >= 0.6 is 0 Å². The van der Waals surface area contributed by atoms with Gasteiger partial charge in [-0.3, -0.25) is 9.59 Å². The number of nitrogens with zero attached hydrogens (tertiary/aromatic N) is 1. The normalized spacial score (nSPS) is 13.4. The lowest BCUT2D eigenvalue weighted by Crippen LogP contribution is -2.54. The maximum atomic E-state index is 13.7. The van der Waals surface area contributed by atoms with E-state index in [9.17, 15) is 19.5 Å². The van der Waals surface area contributed by atoms with Crippen LogP contribution in [-0.2, 0) is 14.3 Å². The number of phenolic OH excluding ortho intramolecular Hbond substituents is 1. The summed E-state index contributed by atoms with van der Waals surface area (Å²) in [5.74, 6) is -0.889. The van der Waals surface area contributed by atoms with E-state index < -0.39 is 41.1 Å². The first kappa shape index (κ1) is 31.3. The third-order valence-electron chi connectivity index (χ3n) is 5.43. The van der Waals surface area contributed by atoms with Crippen molar-refractivity contribution in [1.82, 2.24) is 15.5 Å². The molecule has 3 N–H and O–H groups in total. The SMILES string of the molecule is CCCCCCCCN(C(=O)C(C)NC(=O)OC(C)(C)C)C(C(=O)NC(C)(C)C)c1ccccc1O. The molecule has 1 aromatic carbocycles. The van der Waals surface area contributed by atoms with Crippen LogP contribution in [0.2, 0.25) is 0 Å². The molecule has 204 valence electrons. The molecule has 8 nitrogen and oxygen atoms in total. The molecular formula is C28H47N3O5. The molecule has 0 saturated carbocycles. The lowest BCUT2D eigenvalue weighted by atomic mass is 9.99. The molecule has 0 bridgehead atoms. The summed E-state index contributed by atoms with van der Waals surface area (Å²) < 4.78 is 5.31. The van der Waals surface area contributed by atoms with Crippen molar-refractivity contribution in [2.75, 3.05) is 6.54 Å². The molecule has 1 rings (SSSR count). The summed E-state index contributed by atoms with van der Waals surface area (Å²) in [5, 5.41) is 16.2. The first-order valence-electron chi connectivity index (χ1n) is 13.1. The second-order valence-corrected chi connectivity index (χ2v) is 11.4. The maximum absolute atomic E-state index is 13.7. The average molecular weight is 506 g/mol. The molecule has 3 amide bonds. The number of rotatable bonds is 12. The van der Waals surface area contributed by atoms with E-state index in [2.05, 4.69) is 17.6 Å². The molecule has 0 spiro atoms. The topological polar surface area (TPSA) is 108 Å². The molecule has 0 aliphatic carbocycles. The third kappa shape index (κ3) is 11.3. The smallest absolute Gasteiger partial charge is 0.408 e. The number of hydrogen-bond acceptors (Lipinski definition) is 5. The van der Waals surface area contributed by atoms with E-state index >= 15 is 0 Å². The van der Waals surface area contributed by atoms with Gasteiger partial charge in [-0.1, -0.05) is 57.2 Å². The molecule has 0 aliphatic rings. The van der Waals surface area contributed by atoms with Crippen LogP contribution in [0.25, 0.3) is 0 Å². The van der Waals surface area contributed by atoms with E-state index in [4.69, 9.17) is 4.74 Å². The van der Waals surface area contributed by atoms with Gasteiger partial charge in [0.1, 0.15) is 23.4 Å². The molecule has 0 radical (unpaired) electrons. The summed E-state index contributed by atoms with van der Waals surface area (Å²) in [5.41, 5.74) is -0.923. The molecule has 2 atom stereocenters. The van der Waals surface area contributed by atoms with Gasteiger partial charge in [-0.25, -0.2) is 4.79 Å². The van der Waals surface area contributed by atoms with Gasteiger partial charge in [0, 0.05) is 17.6 Å². The van der Waals surface area contributed by atoms with Crippen LogP contribution in [0.1, 0.15) is 106 Å². The summed E-state index contributed by atoms with van der Waals surface area (Å²) in [6.45, 7) is 14.9. The van der Waals surface area contributed by atoms with Crippen molar-refractivity contribution in [2.24, 2.45) is 0 Å². The zero-order valence-electron chi connectivity index (χ0n) is 23.4. The molecule has 0 heterocycles. The number of hydrogen-bond donors (Lipinski definition) is 3. The first-order chi connectivity index (χ1) is 16.7. The number of ether oxygens (including phenoxy) is 1. The number of amides is 3. The van der Waals surface area contributed by atoms with Gasteiger partial charge < -0.3 is 25.4 Å². The number of para-hydroxylation sites is 1. The minimum Gasteiger partial charge on any atom is -0.508 e. The van der Waals surface area contributed by atoms with E-state index in [1.807, 2.05) is 20.8 Å². The Bertz CT molecular complexity index is 857. The van der Waals surface area contributed by atoms with Crippen molar-refractivity contribution in [1.29, 1.82) is 0 Å². The highest BCUT2D eigenvalue weighted by Crippen LogP contribution is 2.30. The van der Waals surface area contributed by atoms with E-state index in [1.54, 1.807) is 45.9 Å². The summed E-state index contributed by atoms with van der Waals surface area (Å²) in [7, 11) is 0. The van der Waals surface area contributed by atoms with Crippen molar-refractivity contribution in [3.8, 4) is 5.75 Å². The minimum absolute atomic E-state index is 0.0694. The zero-order chi connectivity index (χ0) is 27.5. The number of unbranched alkanes of at least 4 members (excludes halogenated alkanes) is 5. The second kappa shape index (κ2) is 14.1. The first-order valence-corrected chi connectivity index (χ1v) is 13.1. The summed E-state index contributed by atoms with van der Waals surface area (Å²) in [6.07, 6.45) is 5.36. The fraction of sp³-hybridized carbons (Fsp3) is 0.679. The highest BCUT2D eigenvalue weighted by atomic mass is 16.6. The van der Waals surface area contributed by atoms with Gasteiger partial charge in [-0.2, -0.15) is 0 Å². The van der Waals surface area contributed by atoms with Gasteiger partial charge in [-0.15, -0.1) is 0 Å². The van der Waals surface area contributed by atoms with E-state index in [1.165, 1.54) is 11.0 Å². The lowest BCUT2D eigenvalue weighted by molar-refractivity contribution is -0.143. The van der Waals surface area contributed by atoms with Crippen molar-refractivity contribution in [3.63, 3.8) is 0 Å². The fourth-order valence-corrected chi connectivity index (χ4v) is 3.83. The van der Waals surface area contributed by atoms with E-state index in [-0.39, 0.29) is 5.75 Å². The van der Waals surface area contributed by atoms with Crippen LogP contribution in [0, 0.1) is 0 Å². The van der Waals surface area contributed by atoms with Crippen LogP contribution in [0.4, 0.5) is 4.79 Å². The van der Waals surface area contributed by atoms with Crippen LogP contribution in [0.5, 0.6) is 5.75 Å². The van der Waals surface area contributed by atoms with Gasteiger partial charge >= 0.3 is 6.09 Å². The molecule has 2 unspecified atom stereocenters. The Hall–Kier alpha value is -2.77. The Kier molecular flexibility index (Phi) is 12.2. The second-order valence-electron chi connectivity index (χ2n) is 11.4. The van der Waals surface area contributed by atoms with Gasteiger partial charge in [0.2, 0.25) is 11.8 Å². The molecule has 8 heteroatoms. The summed E-state index contributed by atoms with van der Waals surface area (Å²) >= 11 is 0. The van der Waals surface area contributed by atoms with Crippen molar-refractivity contribution < 1.29 is 24.2 Å². The zero-order valence-corrected chi connectivity index (χ0v) is 23.4. The number of aromatic hydroxyl groups is 1. The summed E-state index contributed by atoms with van der Waals surface area (Å²) in [6, 6.07) is 4.55. The Morgan fingerprint density at radius 2 is 1.56 bits per heavy atom. The van der Waals surface area contributed by atoms with Crippen LogP contribution in [0.3, 0.4) is 0 Å². The van der Waals surface area contributed by atoms with Gasteiger partial charge in [-0.05, 0) is 61.0 Å². The van der Waals surface area contributed by atoms with Crippen molar-refractivity contribution in [2.45, 2.75) is 117 Å². The van der Waals surface area contributed by atoms with E-state index in [0.717, 1.165) is 32.1 Å². The van der Waals surface area contributed by atoms with E-state index in [0.29, 0.717) is 18.5 Å². The fourth-order valence-electron chi connectivity index (χ4n) is 3.83. The quantitative estimate of drug-likeness (QED) is 0.327. The minimum atomic E-state index is -1.06. The number of carbonyl (C=O) groups excluding carboxylic acids is 3. The highest BCUT2D eigenvalue weighted by molar-refractivity contribution is 5.92. The molecule has 1 aromatic rings. The number of alkyl carbamates (subject to hydrolysis) is 1. The molecule has 0 aliphatic heterocycles. The maximum Gasteiger partial charge on any atom is 0.408 e. The molecule has 0 aromatic heterocycles. The number of carbonyl (C=O) groups is 3. The molecule has 0 saturated heterocycles. The van der Waals surface area contributed by atoms with Crippen molar-refractivity contribution >= 4 is 17.9 Å². The average Bonchev–Trinajstić information content (AvgIpc) is 2.73. The predicted octanol–water partition coefficient (Wildman–Crippen LogP) is 5.45.